The molecule has 0 spiro atoms. The van der Waals surface area contributed by atoms with E-state index in [4.69, 9.17) is 4.74 Å². The average Bonchev–Trinajstić information content (AvgIpc) is 3.10. The van der Waals surface area contributed by atoms with Crippen molar-refractivity contribution in [3.63, 3.8) is 0 Å². The van der Waals surface area contributed by atoms with Crippen molar-refractivity contribution in [2.45, 2.75) is 6.92 Å². The van der Waals surface area contributed by atoms with E-state index < -0.39 is 0 Å². The van der Waals surface area contributed by atoms with Gasteiger partial charge in [-0.05, 0) is 42.8 Å². The van der Waals surface area contributed by atoms with E-state index in [2.05, 4.69) is 39.7 Å². The van der Waals surface area contributed by atoms with Gasteiger partial charge in [0.15, 0.2) is 0 Å². The number of imidazole rings is 1. The summed E-state index contributed by atoms with van der Waals surface area (Å²) in [5, 5.41) is 1.24. The van der Waals surface area contributed by atoms with Crippen LogP contribution in [0, 0.1) is 6.92 Å². The summed E-state index contributed by atoms with van der Waals surface area (Å²) in [6.07, 6.45) is 3.89. The van der Waals surface area contributed by atoms with E-state index in [0.717, 1.165) is 28.0 Å². The second-order valence-electron chi connectivity index (χ2n) is 5.17. The van der Waals surface area contributed by atoms with E-state index >= 15 is 0 Å². The van der Waals surface area contributed by atoms with Gasteiger partial charge in [-0.25, -0.2) is 4.98 Å². The largest absolute Gasteiger partial charge is 0.497 e. The number of benzene rings is 2. The standard InChI is InChI=1S/C17H15N3O/c1-11-9-18-15-5-3-12(7-14(11)15)20-10-19-16-8-13(21-2)4-6-17(16)20/h3-10,18H,1-2H3. The smallest absolute Gasteiger partial charge is 0.121 e. The maximum absolute atomic E-state index is 5.25. The predicted molar refractivity (Wildman–Crippen MR) is 84.2 cm³/mol. The summed E-state index contributed by atoms with van der Waals surface area (Å²) in [7, 11) is 1.67. The average molecular weight is 277 g/mol. The van der Waals surface area contributed by atoms with Gasteiger partial charge in [0.2, 0.25) is 0 Å². The van der Waals surface area contributed by atoms with Gasteiger partial charge in [-0.15, -0.1) is 0 Å². The third-order valence-corrected chi connectivity index (χ3v) is 3.90. The van der Waals surface area contributed by atoms with Gasteiger partial charge in [-0.2, -0.15) is 0 Å². The summed E-state index contributed by atoms with van der Waals surface area (Å²) < 4.78 is 7.34. The van der Waals surface area contributed by atoms with Crippen LogP contribution in [0.15, 0.2) is 48.9 Å². The van der Waals surface area contributed by atoms with Crippen molar-refractivity contribution in [2.24, 2.45) is 0 Å². The van der Waals surface area contributed by atoms with Crippen LogP contribution in [0.1, 0.15) is 5.56 Å². The van der Waals surface area contributed by atoms with Crippen LogP contribution in [-0.2, 0) is 0 Å². The Hall–Kier alpha value is -2.75. The lowest BCUT2D eigenvalue weighted by atomic mass is 10.1. The predicted octanol–water partition coefficient (Wildman–Crippen LogP) is 3.82. The van der Waals surface area contributed by atoms with Crippen molar-refractivity contribution in [3.8, 4) is 11.4 Å². The summed E-state index contributed by atoms with van der Waals surface area (Å²) in [4.78, 5) is 7.74. The number of aromatic nitrogens is 3. The molecule has 0 saturated heterocycles. The van der Waals surface area contributed by atoms with Gasteiger partial charge >= 0.3 is 0 Å². The highest BCUT2D eigenvalue weighted by atomic mass is 16.5. The van der Waals surface area contributed by atoms with Gasteiger partial charge in [0, 0.05) is 28.9 Å². The number of nitrogens with zero attached hydrogens (tertiary/aromatic N) is 2. The van der Waals surface area contributed by atoms with Crippen LogP contribution in [0.4, 0.5) is 0 Å². The molecule has 0 aliphatic carbocycles. The SMILES string of the molecule is COc1ccc2c(c1)ncn2-c1ccc2[nH]cc(C)c2c1. The van der Waals surface area contributed by atoms with Crippen molar-refractivity contribution in [1.82, 2.24) is 14.5 Å². The third-order valence-electron chi connectivity index (χ3n) is 3.90. The minimum Gasteiger partial charge on any atom is -0.497 e. The highest BCUT2D eigenvalue weighted by Crippen LogP contribution is 2.25. The van der Waals surface area contributed by atoms with E-state index in [0.29, 0.717) is 0 Å². The Bertz CT molecular complexity index is 949. The molecule has 0 aliphatic rings. The van der Waals surface area contributed by atoms with E-state index in [1.54, 1.807) is 7.11 Å². The van der Waals surface area contributed by atoms with Crippen molar-refractivity contribution >= 4 is 21.9 Å². The maximum Gasteiger partial charge on any atom is 0.121 e. The van der Waals surface area contributed by atoms with Crippen LogP contribution < -0.4 is 4.74 Å². The zero-order valence-corrected chi connectivity index (χ0v) is 11.9. The Morgan fingerprint density at radius 3 is 2.90 bits per heavy atom. The quantitative estimate of drug-likeness (QED) is 0.605. The number of ether oxygens (including phenoxy) is 1. The lowest BCUT2D eigenvalue weighted by Gasteiger charge is -2.06. The first-order chi connectivity index (χ1) is 10.3. The van der Waals surface area contributed by atoms with Gasteiger partial charge in [-0.3, -0.25) is 4.57 Å². The Labute approximate surface area is 122 Å². The number of hydrogen-bond acceptors (Lipinski definition) is 2. The Morgan fingerprint density at radius 2 is 2.05 bits per heavy atom. The highest BCUT2D eigenvalue weighted by molar-refractivity contribution is 5.86. The minimum atomic E-state index is 0.824. The number of methoxy groups -OCH3 is 1. The molecule has 0 bridgehead atoms. The molecule has 0 fully saturated rings. The fourth-order valence-corrected chi connectivity index (χ4v) is 2.72. The molecule has 104 valence electrons. The van der Waals surface area contributed by atoms with Crippen molar-refractivity contribution in [3.05, 3.63) is 54.5 Å². The first-order valence-corrected chi connectivity index (χ1v) is 6.85. The van der Waals surface area contributed by atoms with E-state index in [9.17, 15) is 0 Å². The van der Waals surface area contributed by atoms with Crippen molar-refractivity contribution < 1.29 is 4.74 Å². The molecule has 1 N–H and O–H groups in total. The zero-order chi connectivity index (χ0) is 14.4. The fourth-order valence-electron chi connectivity index (χ4n) is 2.72. The molecular weight excluding hydrogens is 262 g/mol. The van der Waals surface area contributed by atoms with Crippen LogP contribution >= 0.6 is 0 Å². The molecule has 4 nitrogen and oxygen atoms in total. The molecule has 0 radical (unpaired) electrons. The molecule has 0 saturated carbocycles. The lowest BCUT2D eigenvalue weighted by Crippen LogP contribution is -1.92. The van der Waals surface area contributed by atoms with Crippen molar-refractivity contribution in [1.29, 1.82) is 0 Å². The molecule has 0 aliphatic heterocycles. The van der Waals surface area contributed by atoms with Crippen LogP contribution in [0.3, 0.4) is 0 Å². The maximum atomic E-state index is 5.25. The van der Waals surface area contributed by atoms with Crippen molar-refractivity contribution in [2.75, 3.05) is 7.11 Å². The van der Waals surface area contributed by atoms with Crippen LogP contribution in [0.5, 0.6) is 5.75 Å². The Morgan fingerprint density at radius 1 is 1.14 bits per heavy atom. The second kappa shape index (κ2) is 4.38. The molecular formula is C17H15N3O. The molecule has 0 atom stereocenters. The molecule has 4 aromatic rings. The molecule has 2 heterocycles. The molecule has 21 heavy (non-hydrogen) atoms. The topological polar surface area (TPSA) is 42.8 Å². The van der Waals surface area contributed by atoms with Gasteiger partial charge in [0.1, 0.15) is 12.1 Å². The first-order valence-electron chi connectivity index (χ1n) is 6.85. The zero-order valence-electron chi connectivity index (χ0n) is 11.9. The molecule has 0 amide bonds. The minimum absolute atomic E-state index is 0.824. The summed E-state index contributed by atoms with van der Waals surface area (Å²) in [6, 6.07) is 12.3. The fraction of sp³-hybridized carbons (Fsp3) is 0.118. The summed E-state index contributed by atoms with van der Waals surface area (Å²) in [5.41, 5.74) is 5.52. The molecule has 4 rings (SSSR count). The van der Waals surface area contributed by atoms with Crippen LogP contribution in [0.2, 0.25) is 0 Å². The summed E-state index contributed by atoms with van der Waals surface area (Å²) in [6.45, 7) is 2.11. The Kier molecular flexibility index (Phi) is 2.51. The van der Waals surface area contributed by atoms with Crippen LogP contribution in [0.25, 0.3) is 27.6 Å². The third kappa shape index (κ3) is 1.80. The molecule has 0 unspecified atom stereocenters. The van der Waals surface area contributed by atoms with E-state index in [1.807, 2.05) is 30.7 Å². The summed E-state index contributed by atoms with van der Waals surface area (Å²) in [5.74, 6) is 0.824. The molecule has 4 heteroatoms. The summed E-state index contributed by atoms with van der Waals surface area (Å²) >= 11 is 0. The second-order valence-corrected chi connectivity index (χ2v) is 5.17. The van der Waals surface area contributed by atoms with Gasteiger partial charge in [0.05, 0.1) is 18.1 Å². The number of aromatic amines is 1. The van der Waals surface area contributed by atoms with E-state index in [-0.39, 0.29) is 0 Å². The number of nitrogens with one attached hydrogen (secondary N) is 1. The van der Waals surface area contributed by atoms with Crippen LogP contribution in [-0.4, -0.2) is 21.6 Å². The van der Waals surface area contributed by atoms with Gasteiger partial charge in [0.25, 0.3) is 0 Å². The number of aryl methyl sites for hydroxylation is 1. The molecule has 2 aromatic heterocycles. The molecule has 2 aromatic carbocycles. The Balaban J connectivity index is 1.93. The van der Waals surface area contributed by atoms with E-state index in [1.165, 1.54) is 10.9 Å². The monoisotopic (exact) mass is 277 g/mol. The number of hydrogen-bond donors (Lipinski definition) is 1. The van der Waals surface area contributed by atoms with Gasteiger partial charge < -0.3 is 9.72 Å². The first kappa shape index (κ1) is 12.0. The number of fused-ring (bicyclic) bond motifs is 2. The highest BCUT2D eigenvalue weighted by Gasteiger charge is 2.07. The lowest BCUT2D eigenvalue weighted by molar-refractivity contribution is 0.415. The van der Waals surface area contributed by atoms with Gasteiger partial charge in [-0.1, -0.05) is 0 Å². The number of H-pyrrole nitrogens is 1. The normalized spacial score (nSPS) is 11.3. The number of rotatable bonds is 2.